The van der Waals surface area contributed by atoms with Crippen LogP contribution in [0.2, 0.25) is 0 Å². The Kier molecular flexibility index (Phi) is 8.38. The smallest absolute Gasteiger partial charge is 0.170 e. The topological polar surface area (TPSA) is 191 Å². The highest BCUT2D eigenvalue weighted by Crippen LogP contribution is 2.22. The van der Waals surface area contributed by atoms with E-state index >= 15 is 0 Å². The van der Waals surface area contributed by atoms with Crippen LogP contribution in [0.15, 0.2) is 41.8 Å². The Hall–Kier alpha value is -2.64. The molecular weight excluding hydrogens is 528 g/mol. The monoisotopic (exact) mass is 590 g/mol. The van der Waals surface area contributed by atoms with Gasteiger partial charge < -0.3 is 32.4 Å². The third-order valence-electron chi connectivity index (χ3n) is 3.68. The Morgan fingerprint density at radius 3 is 1.92 bits per heavy atom. The van der Waals surface area contributed by atoms with Crippen LogP contribution in [0.4, 0.5) is 0 Å². The average molecular weight is 591 g/mol. The van der Waals surface area contributed by atoms with Crippen molar-refractivity contribution in [3.63, 3.8) is 0 Å². The highest BCUT2D eigenvalue weighted by molar-refractivity contribution is 7.93. The molecule has 0 unspecified atom stereocenters. The fourth-order valence-corrected chi connectivity index (χ4v) is 3.09. The van der Waals surface area contributed by atoms with Gasteiger partial charge in [0, 0.05) is 29.4 Å². The van der Waals surface area contributed by atoms with Crippen LogP contribution in [-0.2, 0) is 19.7 Å². The van der Waals surface area contributed by atoms with Gasteiger partial charge in [0.2, 0.25) is 0 Å². The van der Waals surface area contributed by atoms with E-state index in [1.165, 1.54) is 32.0 Å². The van der Waals surface area contributed by atoms with Gasteiger partial charge in [-0.05, 0) is 73.5 Å². The third kappa shape index (κ3) is 17.0. The molecule has 12 heteroatoms. The number of benzene rings is 2. The molecule has 0 aliphatic carbocycles. The fourth-order valence-electron chi connectivity index (χ4n) is 2.27. The number of sulfone groups is 2. The quantitative estimate of drug-likeness (QED) is 0.372. The maximum Gasteiger partial charge on any atom is 0.170 e. The van der Waals surface area contributed by atoms with E-state index in [0.29, 0.717) is 5.56 Å². The van der Waals surface area contributed by atoms with Gasteiger partial charge in [-0.15, -0.1) is 0 Å². The lowest BCUT2D eigenvalue weighted by Gasteiger charge is -2.13. The van der Waals surface area contributed by atoms with Gasteiger partial charge in [-0.1, -0.05) is 26.0 Å². The Morgan fingerprint density at radius 1 is 1.00 bits per heavy atom. The summed E-state index contributed by atoms with van der Waals surface area (Å²) in [5.74, 6) is -0.0643. The largest absolute Gasteiger partial charge is 0.496 e. The van der Waals surface area contributed by atoms with Gasteiger partial charge >= 0.3 is 0 Å². The van der Waals surface area contributed by atoms with Crippen LogP contribution >= 0.6 is 0 Å². The minimum Gasteiger partial charge on any atom is -0.496 e. The zero-order valence-corrected chi connectivity index (χ0v) is 23.1. The zero-order chi connectivity index (χ0) is 43.7. The van der Waals surface area contributed by atoms with Crippen molar-refractivity contribution >= 4 is 25.4 Å². The zero-order valence-electron chi connectivity index (χ0n) is 37.5. The molecule has 0 aliphatic heterocycles. The molecule has 0 saturated heterocycles. The first-order valence-electron chi connectivity index (χ1n) is 18.6. The van der Waals surface area contributed by atoms with Crippen molar-refractivity contribution < 1.29 is 48.2 Å². The Labute approximate surface area is 251 Å². The lowest BCUT2D eigenvalue weighted by molar-refractivity contribution is 0.411. The number of aryl methyl sites for hydroxylation is 2. The molecule has 38 heavy (non-hydrogen) atoms. The van der Waals surface area contributed by atoms with Crippen molar-refractivity contribution in [3.8, 4) is 11.5 Å². The van der Waals surface area contributed by atoms with E-state index in [1.807, 2.05) is 13.8 Å². The molecule has 0 heterocycles. The van der Waals surface area contributed by atoms with Gasteiger partial charge in [0.05, 0.1) is 41.8 Å². The Morgan fingerprint density at radius 2 is 1.50 bits per heavy atom. The van der Waals surface area contributed by atoms with Gasteiger partial charge in [-0.2, -0.15) is 0 Å². The second kappa shape index (κ2) is 18.6. The van der Waals surface area contributed by atoms with Gasteiger partial charge in [0.25, 0.3) is 0 Å². The predicted molar refractivity (Wildman–Crippen MR) is 159 cm³/mol. The molecule has 2 aromatic rings. The summed E-state index contributed by atoms with van der Waals surface area (Å²) in [6.07, 6.45) is -7.10. The van der Waals surface area contributed by atoms with Gasteiger partial charge in [-0.3, -0.25) is 0 Å². The molecule has 0 saturated carbocycles. The molecule has 0 amide bonds. The molecule has 0 aromatic heterocycles. The molecule has 218 valence electrons. The van der Waals surface area contributed by atoms with E-state index in [2.05, 4.69) is 0 Å². The van der Waals surface area contributed by atoms with E-state index in [4.69, 9.17) is 54.3 Å². The number of hydrogen-bond donors (Lipinski definition) is 4. The van der Waals surface area contributed by atoms with Crippen molar-refractivity contribution in [3.05, 3.63) is 64.0 Å². The molecule has 0 aliphatic rings. The standard InChI is InChI=1S/C11H17NO3S.C11H15NO3S.2C2H7N/c2*1-8-6-9(4-5-11(8)15-2)10(12)7-16(3,13)14;2*1-2-3/h4-6,10H,7,12H2,1-3H3;4-7H,12H2,1-3H3;2*2-3H2,1H3/b;10-7-;;/t10-;;;/m1.../s1/i2D3,3D3,7D2,10D;2D3,3D3,7D;;. The highest BCUT2D eigenvalue weighted by atomic mass is 32.2. The van der Waals surface area contributed by atoms with Gasteiger partial charge in [-0.25, -0.2) is 16.8 Å². The first kappa shape index (κ1) is 17.1. The van der Waals surface area contributed by atoms with E-state index in [-0.39, 0.29) is 28.2 Å². The third-order valence-corrected chi connectivity index (χ3v) is 4.66. The predicted octanol–water partition coefficient (Wildman–Crippen LogP) is 2.28. The normalized spacial score (nSPS) is 20.9. The summed E-state index contributed by atoms with van der Waals surface area (Å²) in [6.45, 7) is 8.19. The summed E-state index contributed by atoms with van der Waals surface area (Å²) >= 11 is 0. The van der Waals surface area contributed by atoms with Crippen LogP contribution < -0.4 is 32.4 Å². The van der Waals surface area contributed by atoms with Crippen LogP contribution in [0.25, 0.3) is 5.70 Å². The first-order valence-corrected chi connectivity index (χ1v) is 13.6. The molecule has 2 rings (SSSR count). The number of rotatable bonds is 7. The lowest BCUT2D eigenvalue weighted by Crippen LogP contribution is -2.20. The Balaban J connectivity index is 0. The second-order valence-corrected chi connectivity index (χ2v) is 9.44. The first-order chi connectivity index (χ1) is 23.8. The van der Waals surface area contributed by atoms with Crippen LogP contribution in [0.1, 0.15) is 64.1 Å². The van der Waals surface area contributed by atoms with Crippen molar-refractivity contribution in [1.82, 2.24) is 0 Å². The van der Waals surface area contributed by atoms with Crippen LogP contribution in [0.3, 0.4) is 0 Å². The van der Waals surface area contributed by atoms with E-state index in [0.717, 1.165) is 31.3 Å². The second-order valence-electron chi connectivity index (χ2n) is 7.02. The summed E-state index contributed by atoms with van der Waals surface area (Å²) in [5.41, 5.74) is 16.8. The molecule has 8 N–H and O–H groups in total. The van der Waals surface area contributed by atoms with Gasteiger partial charge in [0.1, 0.15) is 21.3 Å². The van der Waals surface area contributed by atoms with Crippen LogP contribution in [0, 0.1) is 13.8 Å². The maximum absolute atomic E-state index is 12.0. The number of ether oxygens (including phenoxy) is 2. The van der Waals surface area contributed by atoms with Crippen molar-refractivity contribution in [2.24, 2.45) is 22.9 Å². The molecule has 10 nitrogen and oxygen atoms in total. The maximum atomic E-state index is 12.0. The van der Waals surface area contributed by atoms with E-state index < -0.39 is 68.9 Å². The summed E-state index contributed by atoms with van der Waals surface area (Å²) in [4.78, 5) is 0. The van der Waals surface area contributed by atoms with Gasteiger partial charge in [0.15, 0.2) is 9.84 Å². The summed E-state index contributed by atoms with van der Waals surface area (Å²) in [5, 5.41) is -1.22. The fraction of sp³-hybridized carbons (Fsp3) is 0.462. The summed E-state index contributed by atoms with van der Waals surface area (Å²) in [6, 6.07) is 4.00. The molecule has 0 radical (unpaired) electrons. The molecular formula is C26H46N4O6S2. The van der Waals surface area contributed by atoms with Crippen molar-refractivity contribution in [2.45, 2.75) is 33.7 Å². The number of hydrogen-bond acceptors (Lipinski definition) is 10. The van der Waals surface area contributed by atoms with E-state index in [9.17, 15) is 16.8 Å². The Bertz CT molecular complexity index is 1790. The minimum atomic E-state index is -5.43. The molecule has 2 aromatic carbocycles. The summed E-state index contributed by atoms with van der Waals surface area (Å²) in [7, 11) is -15.7. The minimum absolute atomic E-state index is 0.0340. The SMILES string of the molecule is CCN.CCN.[2H]/C(=C(/N)c1ccc(OC([2H])([2H])[2H])c(C)c1)S(=O)(=O)C([2H])([2H])[2H].[2H]C([2H])([2H])Oc1ccc([C@]([2H])(N)C([2H])([2H])S(=O)(=O)C([2H])([2H])[2H])cc1C. The molecule has 0 bridgehead atoms. The number of methoxy groups -OCH3 is 2. The van der Waals surface area contributed by atoms with Crippen LogP contribution in [0.5, 0.6) is 11.5 Å². The average Bonchev–Trinajstić information content (AvgIpc) is 2.97. The van der Waals surface area contributed by atoms with E-state index in [1.54, 1.807) is 0 Å². The highest BCUT2D eigenvalue weighted by Gasteiger charge is 2.14. The number of nitrogens with two attached hydrogens (primary N) is 4. The molecule has 1 atom stereocenters. The molecule has 0 spiro atoms. The summed E-state index contributed by atoms with van der Waals surface area (Å²) < 4.78 is 172. The lowest BCUT2D eigenvalue weighted by atomic mass is 10.1. The van der Waals surface area contributed by atoms with Crippen molar-refractivity contribution in [1.29, 1.82) is 0 Å². The van der Waals surface area contributed by atoms with Crippen LogP contribution in [-0.4, -0.2) is 62.1 Å². The van der Waals surface area contributed by atoms with Crippen molar-refractivity contribution in [2.75, 3.05) is 45.2 Å². The molecule has 0 fully saturated rings.